The summed E-state index contributed by atoms with van der Waals surface area (Å²) in [6.07, 6.45) is 1.64. The summed E-state index contributed by atoms with van der Waals surface area (Å²) in [5.41, 5.74) is 5.18. The van der Waals surface area contributed by atoms with Crippen LogP contribution in [0.15, 0.2) is 33.8 Å². The molecule has 1 saturated carbocycles. The molecule has 3 rings (SSSR count). The zero-order chi connectivity index (χ0) is 13.6. The van der Waals surface area contributed by atoms with Crippen LogP contribution in [0.3, 0.4) is 0 Å². The van der Waals surface area contributed by atoms with E-state index >= 15 is 0 Å². The molecular formula is C15H17BrN2O. The number of rotatable bonds is 1. The average molecular weight is 321 g/mol. The Morgan fingerprint density at radius 1 is 1.32 bits per heavy atom. The van der Waals surface area contributed by atoms with E-state index < -0.39 is 0 Å². The van der Waals surface area contributed by atoms with Crippen LogP contribution in [0, 0.1) is 11.3 Å². The van der Waals surface area contributed by atoms with E-state index in [9.17, 15) is 4.79 Å². The second-order valence-electron chi connectivity index (χ2n) is 6.23. The number of hydrogen-bond donors (Lipinski definition) is 1. The number of halogens is 1. The molecule has 1 N–H and O–H groups in total. The van der Waals surface area contributed by atoms with Gasteiger partial charge in [-0.15, -0.1) is 0 Å². The Kier molecular flexibility index (Phi) is 3.01. The number of ketones is 1. The standard InChI is InChI=1S/C15H17BrN2O/c1-15(2)7-11-13(12(19)8-15)14(18-17-11)9-3-5-10(16)6-4-9/h3-6,11,13,17H,7-8H2,1-2H3/t11-,13+/m0/s1. The predicted molar refractivity (Wildman–Crippen MR) is 79.1 cm³/mol. The summed E-state index contributed by atoms with van der Waals surface area (Å²) >= 11 is 3.43. The number of nitrogens with zero attached hydrogens (tertiary/aromatic N) is 1. The molecule has 1 aromatic rings. The van der Waals surface area contributed by atoms with Crippen LogP contribution < -0.4 is 5.43 Å². The third-order valence-electron chi connectivity index (χ3n) is 3.96. The van der Waals surface area contributed by atoms with Gasteiger partial charge in [0.25, 0.3) is 0 Å². The van der Waals surface area contributed by atoms with Crippen molar-refractivity contribution in [3.05, 3.63) is 34.3 Å². The summed E-state index contributed by atoms with van der Waals surface area (Å²) in [5, 5.41) is 4.43. The Labute approximate surface area is 121 Å². The van der Waals surface area contributed by atoms with Gasteiger partial charge in [-0.3, -0.25) is 4.79 Å². The number of carbonyl (C=O) groups is 1. The van der Waals surface area contributed by atoms with E-state index in [0.717, 1.165) is 22.2 Å². The van der Waals surface area contributed by atoms with Crippen LogP contribution in [0.4, 0.5) is 0 Å². The molecule has 1 aliphatic heterocycles. The van der Waals surface area contributed by atoms with Gasteiger partial charge in [-0.2, -0.15) is 5.10 Å². The minimum atomic E-state index is -0.0748. The van der Waals surface area contributed by atoms with Crippen LogP contribution in [0.1, 0.15) is 32.3 Å². The van der Waals surface area contributed by atoms with Crippen molar-refractivity contribution >= 4 is 27.4 Å². The normalized spacial score (nSPS) is 28.6. The van der Waals surface area contributed by atoms with Crippen LogP contribution in [-0.4, -0.2) is 17.5 Å². The second-order valence-corrected chi connectivity index (χ2v) is 7.14. The van der Waals surface area contributed by atoms with Crippen LogP contribution >= 0.6 is 15.9 Å². The Morgan fingerprint density at radius 3 is 2.68 bits per heavy atom. The molecule has 0 saturated heterocycles. The molecule has 0 spiro atoms. The van der Waals surface area contributed by atoms with Crippen molar-refractivity contribution in [1.82, 2.24) is 5.43 Å². The summed E-state index contributed by atoms with van der Waals surface area (Å²) in [6.45, 7) is 4.31. The van der Waals surface area contributed by atoms with Crippen molar-refractivity contribution in [3.8, 4) is 0 Å². The SMILES string of the molecule is CC1(C)CC(=O)[C@@H]2C(c3ccc(Br)cc3)=NN[C@H]2C1. The van der Waals surface area contributed by atoms with Gasteiger partial charge in [0.2, 0.25) is 0 Å². The lowest BCUT2D eigenvalue weighted by atomic mass is 9.68. The lowest BCUT2D eigenvalue weighted by Gasteiger charge is -2.36. The summed E-state index contributed by atoms with van der Waals surface area (Å²) in [7, 11) is 0. The molecule has 1 heterocycles. The molecule has 0 aromatic heterocycles. The Morgan fingerprint density at radius 2 is 2.00 bits per heavy atom. The van der Waals surface area contributed by atoms with Crippen LogP contribution in [0.5, 0.6) is 0 Å². The van der Waals surface area contributed by atoms with E-state index in [0.29, 0.717) is 12.2 Å². The lowest BCUT2D eigenvalue weighted by molar-refractivity contribution is -0.126. The molecule has 2 aliphatic rings. The van der Waals surface area contributed by atoms with E-state index in [1.807, 2.05) is 24.3 Å². The number of benzene rings is 1. The molecule has 0 radical (unpaired) electrons. The van der Waals surface area contributed by atoms with Gasteiger partial charge in [0.15, 0.2) is 0 Å². The molecule has 3 nitrogen and oxygen atoms in total. The monoisotopic (exact) mass is 320 g/mol. The lowest BCUT2D eigenvalue weighted by Crippen LogP contribution is -2.45. The van der Waals surface area contributed by atoms with Gasteiger partial charge in [0.05, 0.1) is 17.7 Å². The first-order valence-electron chi connectivity index (χ1n) is 6.58. The smallest absolute Gasteiger partial charge is 0.144 e. The average Bonchev–Trinajstić information content (AvgIpc) is 2.72. The third kappa shape index (κ3) is 2.34. The van der Waals surface area contributed by atoms with Crippen LogP contribution in [0.2, 0.25) is 0 Å². The maximum Gasteiger partial charge on any atom is 0.144 e. The molecule has 1 fully saturated rings. The fourth-order valence-electron chi connectivity index (χ4n) is 3.14. The summed E-state index contributed by atoms with van der Waals surface area (Å²) in [5.74, 6) is 0.238. The largest absolute Gasteiger partial charge is 0.306 e. The molecule has 0 amide bonds. The third-order valence-corrected chi connectivity index (χ3v) is 4.49. The zero-order valence-electron chi connectivity index (χ0n) is 11.1. The minimum absolute atomic E-state index is 0.0748. The number of hydrazone groups is 1. The summed E-state index contributed by atoms with van der Waals surface area (Å²) in [4.78, 5) is 12.4. The minimum Gasteiger partial charge on any atom is -0.306 e. The second kappa shape index (κ2) is 4.44. The predicted octanol–water partition coefficient (Wildman–Crippen LogP) is 3.13. The van der Waals surface area contributed by atoms with E-state index in [2.05, 4.69) is 40.3 Å². The van der Waals surface area contributed by atoms with Gasteiger partial charge in [0.1, 0.15) is 5.78 Å². The van der Waals surface area contributed by atoms with E-state index in [1.165, 1.54) is 0 Å². The first-order chi connectivity index (χ1) is 8.96. The topological polar surface area (TPSA) is 41.5 Å². The number of hydrogen-bond acceptors (Lipinski definition) is 3. The highest BCUT2D eigenvalue weighted by Crippen LogP contribution is 2.39. The van der Waals surface area contributed by atoms with Crippen molar-refractivity contribution in [2.24, 2.45) is 16.4 Å². The van der Waals surface area contributed by atoms with Gasteiger partial charge in [-0.05, 0) is 29.5 Å². The fourth-order valence-corrected chi connectivity index (χ4v) is 3.41. The first-order valence-corrected chi connectivity index (χ1v) is 7.37. The molecule has 0 unspecified atom stereocenters. The highest BCUT2D eigenvalue weighted by atomic mass is 79.9. The quantitative estimate of drug-likeness (QED) is 0.863. The van der Waals surface area contributed by atoms with Gasteiger partial charge in [-0.1, -0.05) is 41.9 Å². The Balaban J connectivity index is 1.90. The molecule has 100 valence electrons. The maximum atomic E-state index is 12.4. The highest BCUT2D eigenvalue weighted by Gasteiger charge is 2.46. The highest BCUT2D eigenvalue weighted by molar-refractivity contribution is 9.10. The van der Waals surface area contributed by atoms with Gasteiger partial charge in [0, 0.05) is 10.9 Å². The van der Waals surface area contributed by atoms with Gasteiger partial charge < -0.3 is 5.43 Å². The number of carbonyl (C=O) groups excluding carboxylic acids is 1. The molecule has 2 atom stereocenters. The van der Waals surface area contributed by atoms with Crippen molar-refractivity contribution < 1.29 is 4.79 Å². The fraction of sp³-hybridized carbons (Fsp3) is 0.467. The number of Topliss-reactive ketones (excluding diaryl/α,β-unsaturated/α-hetero) is 1. The molecule has 1 aromatic carbocycles. The number of nitrogens with one attached hydrogen (secondary N) is 1. The first kappa shape index (κ1) is 12.9. The molecule has 1 aliphatic carbocycles. The van der Waals surface area contributed by atoms with Crippen molar-refractivity contribution in [2.75, 3.05) is 0 Å². The van der Waals surface area contributed by atoms with Crippen LogP contribution in [-0.2, 0) is 4.79 Å². The zero-order valence-corrected chi connectivity index (χ0v) is 12.7. The molecule has 19 heavy (non-hydrogen) atoms. The van der Waals surface area contributed by atoms with Crippen molar-refractivity contribution in [3.63, 3.8) is 0 Å². The molecule has 4 heteroatoms. The van der Waals surface area contributed by atoms with Gasteiger partial charge >= 0.3 is 0 Å². The van der Waals surface area contributed by atoms with E-state index in [1.54, 1.807) is 0 Å². The van der Waals surface area contributed by atoms with E-state index in [4.69, 9.17) is 0 Å². The van der Waals surface area contributed by atoms with Crippen LogP contribution in [0.25, 0.3) is 0 Å². The van der Waals surface area contributed by atoms with Crippen molar-refractivity contribution in [2.45, 2.75) is 32.7 Å². The molecular weight excluding hydrogens is 304 g/mol. The number of fused-ring (bicyclic) bond motifs is 1. The van der Waals surface area contributed by atoms with Crippen molar-refractivity contribution in [1.29, 1.82) is 0 Å². The molecule has 0 bridgehead atoms. The Bertz CT molecular complexity index is 548. The summed E-state index contributed by atoms with van der Waals surface area (Å²) in [6, 6.07) is 8.17. The van der Waals surface area contributed by atoms with Gasteiger partial charge in [-0.25, -0.2) is 0 Å². The Hall–Kier alpha value is -1.16. The summed E-state index contributed by atoms with van der Waals surface area (Å²) < 4.78 is 1.04. The van der Waals surface area contributed by atoms with E-state index in [-0.39, 0.29) is 17.4 Å². The maximum absolute atomic E-state index is 12.4.